The molecule has 2 rings (SSSR count). The van der Waals surface area contributed by atoms with Crippen molar-refractivity contribution in [2.24, 2.45) is 5.73 Å². The number of likely N-dealkylation sites (tertiary alicyclic amines) is 1. The number of Topliss-reactive ketones (excluding diaryl/α,β-unsaturated/α-hetero) is 1. The maximum atomic E-state index is 12.4. The Labute approximate surface area is 116 Å². The van der Waals surface area contributed by atoms with Gasteiger partial charge in [0.05, 0.1) is 12.5 Å². The van der Waals surface area contributed by atoms with Gasteiger partial charge in [0.1, 0.15) is 0 Å². The monoisotopic (exact) mass is 284 g/mol. The normalized spacial score (nSPS) is 32.6. The smallest absolute Gasteiger partial charge is 0.331 e. The molecule has 0 radical (unpaired) electrons. The maximum Gasteiger partial charge on any atom is 0.331 e. The highest BCUT2D eigenvalue weighted by Crippen LogP contribution is 2.46. The average molecular weight is 284 g/mol. The van der Waals surface area contributed by atoms with Crippen molar-refractivity contribution < 1.29 is 24.6 Å². The number of nitrogens with two attached hydrogens (primary N) is 1. The number of carbonyl (C=O) groups is 3. The predicted octanol–water partition coefficient (Wildman–Crippen LogP) is -0.172. The lowest BCUT2D eigenvalue weighted by Gasteiger charge is -2.28. The molecule has 20 heavy (non-hydrogen) atoms. The zero-order valence-corrected chi connectivity index (χ0v) is 11.4. The van der Waals surface area contributed by atoms with Crippen LogP contribution >= 0.6 is 0 Å². The number of aliphatic carboxylic acids is 2. The number of ketones is 1. The van der Waals surface area contributed by atoms with Gasteiger partial charge in [-0.05, 0) is 19.8 Å². The fourth-order valence-corrected chi connectivity index (χ4v) is 3.35. The van der Waals surface area contributed by atoms with E-state index >= 15 is 0 Å². The van der Waals surface area contributed by atoms with Gasteiger partial charge in [-0.25, -0.2) is 4.79 Å². The van der Waals surface area contributed by atoms with Crippen LogP contribution in [-0.2, 0) is 14.4 Å². The molecular weight excluding hydrogens is 264 g/mol. The van der Waals surface area contributed by atoms with Crippen LogP contribution in [0.4, 0.5) is 0 Å². The first-order valence-electron chi connectivity index (χ1n) is 6.83. The third kappa shape index (κ3) is 2.31. The number of hydrogen-bond donors (Lipinski definition) is 3. The van der Waals surface area contributed by atoms with Crippen molar-refractivity contribution in [3.63, 3.8) is 0 Å². The Hall–Kier alpha value is -1.47. The van der Waals surface area contributed by atoms with Gasteiger partial charge in [0.15, 0.2) is 11.3 Å². The molecule has 0 aromatic heterocycles. The van der Waals surface area contributed by atoms with Crippen molar-refractivity contribution in [2.75, 3.05) is 0 Å². The summed E-state index contributed by atoms with van der Waals surface area (Å²) in [6.45, 7) is 1.34. The number of rotatable bonds is 6. The fourth-order valence-electron chi connectivity index (χ4n) is 3.35. The Morgan fingerprint density at radius 2 is 1.75 bits per heavy atom. The highest BCUT2D eigenvalue weighted by atomic mass is 16.4. The van der Waals surface area contributed by atoms with Crippen LogP contribution in [0.25, 0.3) is 0 Å². The Kier molecular flexibility index (Phi) is 3.84. The first kappa shape index (κ1) is 14.9. The quantitative estimate of drug-likeness (QED) is 0.457. The summed E-state index contributed by atoms with van der Waals surface area (Å²) in [4.78, 5) is 36.3. The maximum absolute atomic E-state index is 12.4. The summed E-state index contributed by atoms with van der Waals surface area (Å²) in [7, 11) is 0. The molecule has 1 aliphatic heterocycles. The summed E-state index contributed by atoms with van der Waals surface area (Å²) in [5, 5.41) is 18.2. The molecule has 2 aliphatic rings. The molecule has 0 aromatic carbocycles. The predicted molar refractivity (Wildman–Crippen MR) is 69.2 cm³/mol. The second-order valence-corrected chi connectivity index (χ2v) is 5.77. The topological polar surface area (TPSA) is 121 Å². The number of carboxylic acids is 2. The van der Waals surface area contributed by atoms with E-state index in [1.54, 1.807) is 4.90 Å². The molecule has 4 N–H and O–H groups in total. The van der Waals surface area contributed by atoms with Gasteiger partial charge in [-0.1, -0.05) is 12.8 Å². The van der Waals surface area contributed by atoms with E-state index in [9.17, 15) is 19.5 Å². The van der Waals surface area contributed by atoms with Gasteiger partial charge in [0.2, 0.25) is 0 Å². The van der Waals surface area contributed by atoms with Crippen LogP contribution < -0.4 is 5.73 Å². The van der Waals surface area contributed by atoms with E-state index in [2.05, 4.69) is 0 Å². The third-order valence-corrected chi connectivity index (χ3v) is 4.46. The summed E-state index contributed by atoms with van der Waals surface area (Å²) in [5.41, 5.74) is 3.86. The van der Waals surface area contributed by atoms with E-state index in [0.29, 0.717) is 0 Å². The second-order valence-electron chi connectivity index (χ2n) is 5.77. The van der Waals surface area contributed by atoms with Crippen molar-refractivity contribution in [1.82, 2.24) is 4.90 Å². The molecule has 2 fully saturated rings. The molecule has 1 saturated heterocycles. The number of hydrogen-bond acceptors (Lipinski definition) is 5. The standard InChI is InChI=1S/C13H20N2O5/c1-13(12(19)20,11(18)7(14)6-10(16)17)15-8-4-2-3-5-9(8)15/h7-9H,2-6,14H2,1H3,(H,16,17)(H,19,20)/t7-,8?,9?,13+,15?/m0/s1. The Morgan fingerprint density at radius 3 is 2.15 bits per heavy atom. The van der Waals surface area contributed by atoms with E-state index in [1.165, 1.54) is 6.92 Å². The van der Waals surface area contributed by atoms with Crippen LogP contribution in [0.5, 0.6) is 0 Å². The van der Waals surface area contributed by atoms with E-state index < -0.39 is 35.7 Å². The SMILES string of the molecule is C[C@](C(=O)O)(C(=O)[C@@H](N)CC(=O)O)N1C2CCCCC21. The van der Waals surface area contributed by atoms with Gasteiger partial charge in [-0.3, -0.25) is 14.5 Å². The first-order valence-corrected chi connectivity index (χ1v) is 6.83. The highest BCUT2D eigenvalue weighted by Gasteiger charge is 2.63. The van der Waals surface area contributed by atoms with Crippen LogP contribution in [0.2, 0.25) is 0 Å². The molecule has 0 bridgehead atoms. The largest absolute Gasteiger partial charge is 0.481 e. The van der Waals surface area contributed by atoms with Crippen LogP contribution in [0.1, 0.15) is 39.0 Å². The van der Waals surface area contributed by atoms with E-state index in [0.717, 1.165) is 25.7 Å². The van der Waals surface area contributed by atoms with E-state index in [4.69, 9.17) is 10.8 Å². The van der Waals surface area contributed by atoms with E-state index in [-0.39, 0.29) is 12.1 Å². The van der Waals surface area contributed by atoms with Crippen molar-refractivity contribution in [3.05, 3.63) is 0 Å². The molecular formula is C13H20N2O5. The molecule has 7 heteroatoms. The lowest BCUT2D eigenvalue weighted by atomic mass is 9.89. The lowest BCUT2D eigenvalue weighted by molar-refractivity contribution is -0.155. The van der Waals surface area contributed by atoms with Crippen LogP contribution in [-0.4, -0.2) is 56.5 Å². The van der Waals surface area contributed by atoms with Gasteiger partial charge in [0, 0.05) is 12.1 Å². The summed E-state index contributed by atoms with van der Waals surface area (Å²) in [5.74, 6) is -3.18. The Morgan fingerprint density at radius 1 is 1.25 bits per heavy atom. The van der Waals surface area contributed by atoms with Gasteiger partial charge < -0.3 is 15.9 Å². The zero-order chi connectivity index (χ0) is 15.1. The number of carbonyl (C=O) groups excluding carboxylic acids is 1. The van der Waals surface area contributed by atoms with Gasteiger partial charge >= 0.3 is 11.9 Å². The zero-order valence-electron chi connectivity index (χ0n) is 11.4. The molecule has 0 amide bonds. The number of nitrogens with zero attached hydrogens (tertiary/aromatic N) is 1. The van der Waals surface area contributed by atoms with Gasteiger partial charge in [-0.15, -0.1) is 0 Å². The summed E-state index contributed by atoms with van der Waals surface area (Å²) < 4.78 is 0. The molecule has 4 atom stereocenters. The molecule has 2 unspecified atom stereocenters. The Bertz CT molecular complexity index is 440. The number of carboxylic acid groups (broad SMARTS) is 2. The number of fused-ring (bicyclic) bond motifs is 1. The second kappa shape index (κ2) is 5.14. The molecule has 0 aromatic rings. The van der Waals surface area contributed by atoms with Crippen LogP contribution in [0.3, 0.4) is 0 Å². The van der Waals surface area contributed by atoms with Crippen LogP contribution in [0.15, 0.2) is 0 Å². The molecule has 1 aliphatic carbocycles. The van der Waals surface area contributed by atoms with Crippen molar-refractivity contribution in [3.8, 4) is 0 Å². The minimum Gasteiger partial charge on any atom is -0.481 e. The molecule has 1 heterocycles. The fraction of sp³-hybridized carbons (Fsp3) is 0.769. The molecule has 0 spiro atoms. The minimum atomic E-state index is -1.71. The third-order valence-electron chi connectivity index (χ3n) is 4.46. The molecule has 1 saturated carbocycles. The Balaban J connectivity index is 2.19. The first-order chi connectivity index (χ1) is 9.30. The minimum absolute atomic E-state index is 0.117. The van der Waals surface area contributed by atoms with Gasteiger partial charge in [-0.2, -0.15) is 0 Å². The van der Waals surface area contributed by atoms with Crippen LogP contribution in [0, 0.1) is 0 Å². The van der Waals surface area contributed by atoms with E-state index in [1.807, 2.05) is 0 Å². The lowest BCUT2D eigenvalue weighted by Crippen LogP contribution is -2.58. The molecule has 7 nitrogen and oxygen atoms in total. The highest BCUT2D eigenvalue weighted by molar-refractivity contribution is 6.10. The summed E-state index contributed by atoms with van der Waals surface area (Å²) >= 11 is 0. The molecule has 112 valence electrons. The van der Waals surface area contributed by atoms with Gasteiger partial charge in [0.25, 0.3) is 0 Å². The van der Waals surface area contributed by atoms with Crippen molar-refractivity contribution in [1.29, 1.82) is 0 Å². The summed E-state index contributed by atoms with van der Waals surface area (Å²) in [6.07, 6.45) is 3.28. The van der Waals surface area contributed by atoms with Crippen molar-refractivity contribution in [2.45, 2.75) is 62.7 Å². The van der Waals surface area contributed by atoms with Crippen molar-refractivity contribution >= 4 is 17.7 Å². The summed E-state index contributed by atoms with van der Waals surface area (Å²) in [6, 6.07) is -1.06. The average Bonchev–Trinajstić information content (AvgIpc) is 3.10.